The molecule has 2 N–H and O–H groups in total. The molecule has 0 aliphatic carbocycles. The predicted octanol–water partition coefficient (Wildman–Crippen LogP) is 3.34. The third-order valence-electron chi connectivity index (χ3n) is 2.67. The molecule has 0 radical (unpaired) electrons. The van der Waals surface area contributed by atoms with Crippen LogP contribution in [0, 0.1) is 12.7 Å². The van der Waals surface area contributed by atoms with Crippen LogP contribution in [0.2, 0.25) is 0 Å². The second kappa shape index (κ2) is 6.54. The first-order valence-electron chi connectivity index (χ1n) is 5.91. The van der Waals surface area contributed by atoms with Crippen LogP contribution in [0.1, 0.15) is 11.4 Å². The Morgan fingerprint density at radius 1 is 1.37 bits per heavy atom. The first-order chi connectivity index (χ1) is 9.15. The van der Waals surface area contributed by atoms with Gasteiger partial charge in [-0.2, -0.15) is 5.10 Å². The van der Waals surface area contributed by atoms with Gasteiger partial charge in [0.2, 0.25) is 0 Å². The van der Waals surface area contributed by atoms with Crippen molar-refractivity contribution in [2.45, 2.75) is 28.6 Å². The summed E-state index contributed by atoms with van der Waals surface area (Å²) in [5.74, 6) is -0.222. The van der Waals surface area contributed by atoms with E-state index in [2.05, 4.69) is 21.0 Å². The minimum atomic E-state index is -0.222. The topological polar surface area (TPSA) is 43.8 Å². The molecule has 0 atom stereocenters. The first kappa shape index (κ1) is 14.6. The quantitative estimate of drug-likeness (QED) is 0.846. The number of rotatable bonds is 5. The van der Waals surface area contributed by atoms with Crippen molar-refractivity contribution >= 4 is 27.7 Å². The van der Waals surface area contributed by atoms with E-state index in [-0.39, 0.29) is 5.82 Å². The van der Waals surface area contributed by atoms with E-state index < -0.39 is 0 Å². The number of halogens is 2. The molecule has 0 bridgehead atoms. The van der Waals surface area contributed by atoms with Gasteiger partial charge >= 0.3 is 0 Å². The van der Waals surface area contributed by atoms with Crippen LogP contribution in [0.3, 0.4) is 0 Å². The van der Waals surface area contributed by atoms with Crippen LogP contribution >= 0.6 is 27.7 Å². The highest BCUT2D eigenvalue weighted by Crippen LogP contribution is 2.34. The zero-order chi connectivity index (χ0) is 13.8. The molecule has 1 aromatic heterocycles. The highest BCUT2D eigenvalue weighted by Gasteiger charge is 2.15. The summed E-state index contributed by atoms with van der Waals surface area (Å²) < 4.78 is 14.8. The normalized spacial score (nSPS) is 10.9. The Hall–Kier alpha value is -0.850. The van der Waals surface area contributed by atoms with E-state index in [0.717, 1.165) is 26.5 Å². The van der Waals surface area contributed by atoms with Crippen molar-refractivity contribution < 1.29 is 4.39 Å². The molecular weight excluding hydrogens is 329 g/mol. The number of aromatic nitrogens is 2. The van der Waals surface area contributed by atoms with Gasteiger partial charge in [0.15, 0.2) is 0 Å². The van der Waals surface area contributed by atoms with E-state index >= 15 is 0 Å². The third-order valence-corrected chi connectivity index (χ3v) is 4.45. The van der Waals surface area contributed by atoms with Crippen LogP contribution in [0.5, 0.6) is 0 Å². The number of hydrogen-bond donors (Lipinski definition) is 1. The number of aryl methyl sites for hydroxylation is 1. The molecule has 1 heterocycles. The number of hydrogen-bond acceptors (Lipinski definition) is 3. The lowest BCUT2D eigenvalue weighted by molar-refractivity contribution is 0.601. The zero-order valence-electron chi connectivity index (χ0n) is 10.6. The molecule has 2 rings (SSSR count). The molecule has 102 valence electrons. The average Bonchev–Trinajstić information content (AvgIpc) is 2.69. The highest BCUT2D eigenvalue weighted by atomic mass is 79.9. The van der Waals surface area contributed by atoms with Gasteiger partial charge in [0.25, 0.3) is 0 Å². The third kappa shape index (κ3) is 3.38. The van der Waals surface area contributed by atoms with Gasteiger partial charge in [-0.1, -0.05) is 27.7 Å². The average molecular weight is 344 g/mol. The van der Waals surface area contributed by atoms with Crippen molar-refractivity contribution in [2.24, 2.45) is 5.73 Å². The van der Waals surface area contributed by atoms with E-state index in [1.807, 2.05) is 11.6 Å². The Morgan fingerprint density at radius 3 is 2.63 bits per heavy atom. The minimum Gasteiger partial charge on any atom is -0.329 e. The summed E-state index contributed by atoms with van der Waals surface area (Å²) in [6.07, 6.45) is 0. The fourth-order valence-corrected chi connectivity index (χ4v) is 3.55. The van der Waals surface area contributed by atoms with Crippen molar-refractivity contribution in [1.29, 1.82) is 0 Å². The minimum absolute atomic E-state index is 0.222. The summed E-state index contributed by atoms with van der Waals surface area (Å²) in [6.45, 7) is 3.23. The monoisotopic (exact) mass is 343 g/mol. The lowest BCUT2D eigenvalue weighted by Gasteiger charge is -2.06. The van der Waals surface area contributed by atoms with E-state index in [4.69, 9.17) is 5.73 Å². The van der Waals surface area contributed by atoms with Crippen molar-refractivity contribution in [1.82, 2.24) is 9.78 Å². The van der Waals surface area contributed by atoms with Gasteiger partial charge in [0.1, 0.15) is 5.82 Å². The molecule has 3 nitrogen and oxygen atoms in total. The number of nitrogens with two attached hydrogens (primary N) is 1. The summed E-state index contributed by atoms with van der Waals surface area (Å²) in [5.41, 5.74) is 7.67. The molecule has 1 aromatic carbocycles. The fraction of sp³-hybridized carbons (Fsp3) is 0.308. The Kier molecular flexibility index (Phi) is 5.01. The molecule has 6 heteroatoms. The summed E-state index contributed by atoms with van der Waals surface area (Å²) in [7, 11) is 0. The summed E-state index contributed by atoms with van der Waals surface area (Å²) in [5, 5.41) is 5.22. The lowest BCUT2D eigenvalue weighted by atomic mass is 10.3. The van der Waals surface area contributed by atoms with Crippen molar-refractivity contribution in [3.8, 4) is 0 Å². The number of nitrogens with zero attached hydrogens (tertiary/aromatic N) is 2. The highest BCUT2D eigenvalue weighted by molar-refractivity contribution is 9.08. The zero-order valence-corrected chi connectivity index (χ0v) is 13.0. The molecule has 0 spiro atoms. The molecule has 0 fully saturated rings. The molecule has 0 aliphatic rings. The molecule has 19 heavy (non-hydrogen) atoms. The summed E-state index contributed by atoms with van der Waals surface area (Å²) >= 11 is 5.09. The Morgan fingerprint density at radius 2 is 2.05 bits per heavy atom. The summed E-state index contributed by atoms with van der Waals surface area (Å²) in [6, 6.07) is 6.49. The SMILES string of the molecule is Cc1nn(CCN)c(CBr)c1Sc1ccc(F)cc1. The lowest BCUT2D eigenvalue weighted by Crippen LogP contribution is -2.13. The summed E-state index contributed by atoms with van der Waals surface area (Å²) in [4.78, 5) is 2.11. The van der Waals surface area contributed by atoms with E-state index in [0.29, 0.717) is 13.1 Å². The van der Waals surface area contributed by atoms with Crippen molar-refractivity contribution in [3.05, 3.63) is 41.5 Å². The number of alkyl halides is 1. The predicted molar refractivity (Wildman–Crippen MR) is 79.2 cm³/mol. The molecule has 0 unspecified atom stereocenters. The van der Waals surface area contributed by atoms with Crippen LogP contribution in [0.25, 0.3) is 0 Å². The van der Waals surface area contributed by atoms with Crippen molar-refractivity contribution in [2.75, 3.05) is 6.54 Å². The van der Waals surface area contributed by atoms with Gasteiger partial charge in [-0.25, -0.2) is 4.39 Å². The maximum Gasteiger partial charge on any atom is 0.123 e. The maximum atomic E-state index is 12.9. The maximum absolute atomic E-state index is 12.9. The Bertz CT molecular complexity index is 554. The first-order valence-corrected chi connectivity index (χ1v) is 7.85. The van der Waals surface area contributed by atoms with Gasteiger partial charge in [0.05, 0.1) is 22.8 Å². The van der Waals surface area contributed by atoms with Crippen LogP contribution in [-0.4, -0.2) is 16.3 Å². The fourth-order valence-electron chi connectivity index (χ4n) is 1.80. The molecule has 0 saturated heterocycles. The van der Waals surface area contributed by atoms with Gasteiger partial charge in [-0.3, -0.25) is 4.68 Å². The molecule has 0 amide bonds. The van der Waals surface area contributed by atoms with E-state index in [1.54, 1.807) is 23.9 Å². The van der Waals surface area contributed by atoms with Gasteiger partial charge in [0, 0.05) is 16.8 Å². The number of benzene rings is 1. The van der Waals surface area contributed by atoms with Crippen LogP contribution in [0.15, 0.2) is 34.1 Å². The largest absolute Gasteiger partial charge is 0.329 e. The second-order valence-corrected chi connectivity index (χ2v) is 5.71. The van der Waals surface area contributed by atoms with Crippen LogP contribution in [0.4, 0.5) is 4.39 Å². The second-order valence-electron chi connectivity index (χ2n) is 4.06. The molecular formula is C13H15BrFN3S. The van der Waals surface area contributed by atoms with Gasteiger partial charge in [-0.05, 0) is 31.2 Å². The van der Waals surface area contributed by atoms with Gasteiger partial charge < -0.3 is 5.73 Å². The van der Waals surface area contributed by atoms with Crippen molar-refractivity contribution in [3.63, 3.8) is 0 Å². The molecule has 2 aromatic rings. The Labute approximate surface area is 124 Å². The van der Waals surface area contributed by atoms with Gasteiger partial charge in [-0.15, -0.1) is 0 Å². The molecule has 0 saturated carbocycles. The van der Waals surface area contributed by atoms with E-state index in [1.165, 1.54) is 12.1 Å². The smallest absolute Gasteiger partial charge is 0.123 e. The van der Waals surface area contributed by atoms with Crippen LogP contribution < -0.4 is 5.73 Å². The molecule has 0 aliphatic heterocycles. The van der Waals surface area contributed by atoms with Crippen LogP contribution in [-0.2, 0) is 11.9 Å². The van der Waals surface area contributed by atoms with E-state index in [9.17, 15) is 4.39 Å². The standard InChI is InChI=1S/C13H15BrFN3S/c1-9-13(12(8-14)18(17-9)7-6-16)19-11-4-2-10(15)3-5-11/h2-5H,6-8,16H2,1H3. The Balaban J connectivity index is 2.31.